The number of phenolic OH excluding ortho intramolecular Hbond substituents is 2. The standard InChI is InChI=1S/C25H36N2OSi.C8H10O2.Ni/c1-18-12-9-13-19(2)24(18)26-22(5)23(16-11-17-28-29(6,7)8)27-25-20(3)14-10-15-21(25)4;1-5-3-6(2)8(10)7(9)4-5;/h9-10,12-15H,11,16-17H2,1-8H3;3-4,9-10H,1-2H3;. The third-order valence-corrected chi connectivity index (χ3v) is 7.41. The molecule has 220 valence electrons. The Bertz CT molecular complexity index is 1280. The van der Waals surface area contributed by atoms with Gasteiger partial charge >= 0.3 is 0 Å². The first kappa shape index (κ1) is 35.3. The van der Waals surface area contributed by atoms with Crippen LogP contribution in [0.5, 0.6) is 11.5 Å². The number of aromatic hydroxyl groups is 2. The SMILES string of the molecule is CC(=Nc1c(C)cccc1C)C(CCCO[Si](C)(C)C)=Nc1c(C)cccc1C.Cc1cc(C)c(O)c(O)c1.[Ni]. The average molecular weight is 606 g/mol. The average Bonchev–Trinajstić information content (AvgIpc) is 2.83. The van der Waals surface area contributed by atoms with Crippen molar-refractivity contribution in [2.45, 2.75) is 80.9 Å². The van der Waals surface area contributed by atoms with Crippen molar-refractivity contribution in [2.75, 3.05) is 6.61 Å². The van der Waals surface area contributed by atoms with E-state index in [1.807, 2.05) is 13.0 Å². The Balaban J connectivity index is 0.000000612. The molecule has 5 nitrogen and oxygen atoms in total. The fourth-order valence-corrected chi connectivity index (χ4v) is 4.96. The van der Waals surface area contributed by atoms with Gasteiger partial charge < -0.3 is 14.6 Å². The zero-order chi connectivity index (χ0) is 29.3. The Hall–Kier alpha value is -2.73. The van der Waals surface area contributed by atoms with Gasteiger partial charge in [0.2, 0.25) is 0 Å². The molecule has 0 unspecified atom stereocenters. The van der Waals surface area contributed by atoms with Crippen molar-refractivity contribution in [1.82, 2.24) is 0 Å². The second kappa shape index (κ2) is 15.9. The predicted octanol–water partition coefficient (Wildman–Crippen LogP) is 9.13. The summed E-state index contributed by atoms with van der Waals surface area (Å²) in [5.41, 5.74) is 10.6. The molecule has 3 aromatic rings. The normalized spacial score (nSPS) is 11.9. The van der Waals surface area contributed by atoms with Crippen LogP contribution < -0.4 is 0 Å². The molecule has 0 saturated carbocycles. The van der Waals surface area contributed by atoms with E-state index in [0.29, 0.717) is 5.56 Å². The van der Waals surface area contributed by atoms with Crippen LogP contribution in [0.1, 0.15) is 53.1 Å². The Kier molecular flexibility index (Phi) is 14.0. The maximum absolute atomic E-state index is 9.08. The largest absolute Gasteiger partial charge is 0.504 e. The van der Waals surface area contributed by atoms with Crippen LogP contribution in [-0.2, 0) is 20.9 Å². The predicted molar refractivity (Wildman–Crippen MR) is 169 cm³/mol. The third kappa shape index (κ3) is 11.0. The van der Waals surface area contributed by atoms with E-state index in [2.05, 4.69) is 90.7 Å². The van der Waals surface area contributed by atoms with Crippen LogP contribution in [-0.4, -0.2) is 36.6 Å². The Labute approximate surface area is 252 Å². The Morgan fingerprint density at radius 1 is 0.750 bits per heavy atom. The van der Waals surface area contributed by atoms with Crippen LogP contribution in [0.25, 0.3) is 0 Å². The van der Waals surface area contributed by atoms with Gasteiger partial charge in [0.15, 0.2) is 19.8 Å². The van der Waals surface area contributed by atoms with Crippen molar-refractivity contribution in [1.29, 1.82) is 0 Å². The smallest absolute Gasteiger partial charge is 0.183 e. The van der Waals surface area contributed by atoms with Gasteiger partial charge in [-0.25, -0.2) is 0 Å². The third-order valence-electron chi connectivity index (χ3n) is 6.34. The first-order valence-electron chi connectivity index (χ1n) is 13.6. The van der Waals surface area contributed by atoms with Crippen LogP contribution in [0.4, 0.5) is 11.4 Å². The number of hydrogen-bond donors (Lipinski definition) is 2. The van der Waals surface area contributed by atoms with Gasteiger partial charge in [0, 0.05) is 23.1 Å². The quantitative estimate of drug-likeness (QED) is 0.116. The minimum Gasteiger partial charge on any atom is -0.504 e. The first-order chi connectivity index (χ1) is 18.2. The summed E-state index contributed by atoms with van der Waals surface area (Å²) in [4.78, 5) is 10.1. The van der Waals surface area contributed by atoms with Gasteiger partial charge in [-0.3, -0.25) is 9.98 Å². The van der Waals surface area contributed by atoms with Crippen molar-refractivity contribution in [3.05, 3.63) is 81.9 Å². The fraction of sp³-hybridized carbons (Fsp3) is 0.394. The maximum atomic E-state index is 9.08. The van der Waals surface area contributed by atoms with Gasteiger partial charge in [-0.2, -0.15) is 0 Å². The molecule has 0 aliphatic carbocycles. The molecule has 0 atom stereocenters. The summed E-state index contributed by atoms with van der Waals surface area (Å²) in [6.45, 7) is 21.6. The zero-order valence-electron chi connectivity index (χ0n) is 25.8. The van der Waals surface area contributed by atoms with Gasteiger partial charge in [0.1, 0.15) is 0 Å². The molecular weight excluding hydrogens is 559 g/mol. The summed E-state index contributed by atoms with van der Waals surface area (Å²) < 4.78 is 6.06. The number of hydrogen-bond acceptors (Lipinski definition) is 5. The summed E-state index contributed by atoms with van der Waals surface area (Å²) in [6, 6.07) is 16.0. The van der Waals surface area contributed by atoms with Gasteiger partial charge in [-0.15, -0.1) is 0 Å². The number of nitrogens with zero attached hydrogens (tertiary/aromatic N) is 2. The van der Waals surface area contributed by atoms with Gasteiger partial charge in [-0.05, 0) is 120 Å². The van der Waals surface area contributed by atoms with E-state index in [-0.39, 0.29) is 28.0 Å². The van der Waals surface area contributed by atoms with Crippen LogP contribution >= 0.6 is 0 Å². The Morgan fingerprint density at radius 3 is 1.68 bits per heavy atom. The van der Waals surface area contributed by atoms with Crippen molar-refractivity contribution < 1.29 is 31.1 Å². The molecule has 0 aromatic heterocycles. The van der Waals surface area contributed by atoms with E-state index in [9.17, 15) is 0 Å². The molecule has 0 heterocycles. The summed E-state index contributed by atoms with van der Waals surface area (Å²) in [5, 5.41) is 18.1. The minimum absolute atomic E-state index is 0. The minimum atomic E-state index is -1.49. The number of para-hydroxylation sites is 2. The second-order valence-electron chi connectivity index (χ2n) is 11.3. The summed E-state index contributed by atoms with van der Waals surface area (Å²) >= 11 is 0. The number of benzene rings is 3. The molecule has 3 rings (SSSR count). The molecule has 3 aromatic carbocycles. The van der Waals surface area contributed by atoms with Gasteiger partial charge in [0.05, 0.1) is 22.8 Å². The molecule has 2 N–H and O–H groups in total. The number of phenols is 2. The molecule has 0 aliphatic heterocycles. The zero-order valence-corrected chi connectivity index (χ0v) is 27.7. The van der Waals surface area contributed by atoms with Crippen molar-refractivity contribution >= 4 is 31.1 Å². The van der Waals surface area contributed by atoms with Crippen LogP contribution in [0.2, 0.25) is 19.6 Å². The van der Waals surface area contributed by atoms with Crippen LogP contribution in [0.15, 0.2) is 58.5 Å². The number of aryl methyl sites for hydroxylation is 6. The summed E-state index contributed by atoms with van der Waals surface area (Å²) in [6.07, 6.45) is 1.81. The monoisotopic (exact) mass is 604 g/mol. The van der Waals surface area contributed by atoms with E-state index in [1.54, 1.807) is 6.92 Å². The second-order valence-corrected chi connectivity index (χ2v) is 15.8. The molecule has 0 radical (unpaired) electrons. The van der Waals surface area contributed by atoms with E-state index in [4.69, 9.17) is 24.6 Å². The van der Waals surface area contributed by atoms with Gasteiger partial charge in [0.25, 0.3) is 0 Å². The van der Waals surface area contributed by atoms with Crippen molar-refractivity contribution in [3.63, 3.8) is 0 Å². The fourth-order valence-electron chi connectivity index (χ4n) is 4.20. The molecule has 7 heteroatoms. The van der Waals surface area contributed by atoms with Crippen LogP contribution in [0.3, 0.4) is 0 Å². The Morgan fingerprint density at radius 2 is 1.23 bits per heavy atom. The van der Waals surface area contributed by atoms with E-state index in [1.165, 1.54) is 28.3 Å². The number of rotatable bonds is 8. The van der Waals surface area contributed by atoms with E-state index >= 15 is 0 Å². The van der Waals surface area contributed by atoms with Crippen LogP contribution in [0, 0.1) is 41.5 Å². The first-order valence-corrected chi connectivity index (χ1v) is 17.0. The molecule has 0 fully saturated rings. The van der Waals surface area contributed by atoms with E-state index in [0.717, 1.165) is 47.8 Å². The summed E-state index contributed by atoms with van der Waals surface area (Å²) in [5.74, 6) is -0.0666. The molecule has 0 saturated heterocycles. The number of aliphatic imine (C=N–C) groups is 2. The summed E-state index contributed by atoms with van der Waals surface area (Å²) in [7, 11) is -1.49. The molecule has 0 amide bonds. The van der Waals surface area contributed by atoms with Crippen molar-refractivity contribution in [2.24, 2.45) is 9.98 Å². The molecule has 0 spiro atoms. The van der Waals surface area contributed by atoms with Gasteiger partial charge in [-0.1, -0.05) is 42.5 Å². The molecule has 0 aliphatic rings. The van der Waals surface area contributed by atoms with Crippen molar-refractivity contribution in [3.8, 4) is 11.5 Å². The molecular formula is C33H46N2NiO3Si. The molecule has 40 heavy (non-hydrogen) atoms. The molecule has 0 bridgehead atoms. The van der Waals surface area contributed by atoms with E-state index < -0.39 is 8.32 Å². The topological polar surface area (TPSA) is 74.4 Å². The maximum Gasteiger partial charge on any atom is 0.183 e.